The second-order valence-corrected chi connectivity index (χ2v) is 5.03. The third-order valence-corrected chi connectivity index (χ3v) is 3.60. The van der Waals surface area contributed by atoms with Crippen LogP contribution in [0.1, 0.15) is 31.4 Å². The predicted molar refractivity (Wildman–Crippen MR) is 74.1 cm³/mol. The number of hydrogen-bond donors (Lipinski definition) is 1. The lowest BCUT2D eigenvalue weighted by Crippen LogP contribution is -2.41. The number of nitrogens with one attached hydrogen (secondary N) is 1. The monoisotopic (exact) mass is 285 g/mol. The molecule has 6 heteroatoms. The predicted octanol–water partition coefficient (Wildman–Crippen LogP) is 1.30. The molecule has 1 atom stereocenters. The molecule has 0 aliphatic carbocycles. The molecule has 1 saturated heterocycles. The van der Waals surface area contributed by atoms with Gasteiger partial charge in [-0.05, 0) is 24.6 Å². The van der Waals surface area contributed by atoms with Gasteiger partial charge >= 0.3 is 6.03 Å². The highest BCUT2D eigenvalue weighted by atomic mass is 16.2. The van der Waals surface area contributed by atoms with Gasteiger partial charge < -0.3 is 5.32 Å². The van der Waals surface area contributed by atoms with Gasteiger partial charge in [0.05, 0.1) is 18.2 Å². The van der Waals surface area contributed by atoms with Crippen molar-refractivity contribution in [2.45, 2.75) is 25.8 Å². The van der Waals surface area contributed by atoms with Crippen LogP contribution in [0.25, 0.3) is 0 Å². The Hall–Kier alpha value is -2.68. The molecule has 0 aromatic heterocycles. The Bertz CT molecular complexity index is 645. The summed E-state index contributed by atoms with van der Waals surface area (Å²) in [5.74, 6) is -0.637. The van der Waals surface area contributed by atoms with Crippen molar-refractivity contribution in [1.82, 2.24) is 10.2 Å². The second kappa shape index (κ2) is 5.37. The normalized spacial score (nSPS) is 21.1. The molecule has 21 heavy (non-hydrogen) atoms. The fraction of sp³-hybridized carbons (Fsp3) is 0.333. The Labute approximate surface area is 122 Å². The number of ketones is 1. The maximum absolute atomic E-state index is 12.5. The van der Waals surface area contributed by atoms with Gasteiger partial charge in [-0.1, -0.05) is 19.1 Å². The summed E-state index contributed by atoms with van der Waals surface area (Å²) in [4.78, 5) is 36.8. The zero-order chi connectivity index (χ0) is 15.6. The van der Waals surface area contributed by atoms with Crippen LogP contribution in [0, 0.1) is 11.3 Å². The van der Waals surface area contributed by atoms with Crippen LogP contribution in [0.3, 0.4) is 0 Å². The summed E-state index contributed by atoms with van der Waals surface area (Å²) in [7, 11) is 0. The Morgan fingerprint density at radius 3 is 2.48 bits per heavy atom. The lowest BCUT2D eigenvalue weighted by Gasteiger charge is -2.22. The van der Waals surface area contributed by atoms with Crippen LogP contribution in [0.2, 0.25) is 0 Å². The zero-order valence-corrected chi connectivity index (χ0v) is 11.8. The zero-order valence-electron chi connectivity index (χ0n) is 11.8. The SMILES string of the molecule is CCC(=O)CN1C(=O)N[C@@](C)(c2ccc(C#N)cc2)C1=O. The van der Waals surface area contributed by atoms with Gasteiger partial charge in [-0.3, -0.25) is 14.5 Å². The molecule has 1 fully saturated rings. The standard InChI is InChI=1S/C15H15N3O3/c1-3-12(19)9-18-13(20)15(2,17-14(18)21)11-6-4-10(8-16)5-7-11/h4-7H,3,9H2,1-2H3,(H,17,21)/t15-/m0/s1. The van der Waals surface area contributed by atoms with Gasteiger partial charge in [-0.2, -0.15) is 5.26 Å². The maximum Gasteiger partial charge on any atom is 0.325 e. The summed E-state index contributed by atoms with van der Waals surface area (Å²) in [6.45, 7) is 3.05. The lowest BCUT2D eigenvalue weighted by atomic mass is 9.91. The number of hydrogen-bond acceptors (Lipinski definition) is 4. The first-order chi connectivity index (χ1) is 9.92. The molecule has 1 aliphatic rings. The van der Waals surface area contributed by atoms with E-state index in [2.05, 4.69) is 5.32 Å². The van der Waals surface area contributed by atoms with Crippen LogP contribution in [-0.2, 0) is 15.1 Å². The minimum absolute atomic E-state index is 0.178. The largest absolute Gasteiger partial charge is 0.325 e. The summed E-state index contributed by atoms with van der Waals surface area (Å²) in [6, 6.07) is 7.84. The highest BCUT2D eigenvalue weighted by Gasteiger charge is 2.49. The minimum Gasteiger partial charge on any atom is -0.319 e. The first kappa shape index (κ1) is 14.7. The smallest absolute Gasteiger partial charge is 0.319 e. The summed E-state index contributed by atoms with van der Waals surface area (Å²) in [5.41, 5.74) is -0.164. The van der Waals surface area contributed by atoms with E-state index in [1.807, 2.05) is 6.07 Å². The summed E-state index contributed by atoms with van der Waals surface area (Å²) in [6.07, 6.45) is 0.268. The van der Waals surface area contributed by atoms with Crippen molar-refractivity contribution in [2.24, 2.45) is 0 Å². The van der Waals surface area contributed by atoms with Gasteiger partial charge in [-0.25, -0.2) is 4.79 Å². The molecule has 1 aromatic rings. The molecule has 1 aromatic carbocycles. The molecule has 3 amide bonds. The number of rotatable bonds is 4. The fourth-order valence-corrected chi connectivity index (χ4v) is 2.20. The Kier molecular flexibility index (Phi) is 3.76. The molecule has 0 saturated carbocycles. The van der Waals surface area contributed by atoms with E-state index in [1.54, 1.807) is 38.1 Å². The molecule has 1 aliphatic heterocycles. The third-order valence-electron chi connectivity index (χ3n) is 3.60. The summed E-state index contributed by atoms with van der Waals surface area (Å²) in [5, 5.41) is 11.4. The second-order valence-electron chi connectivity index (χ2n) is 5.03. The fourth-order valence-electron chi connectivity index (χ4n) is 2.20. The van der Waals surface area contributed by atoms with Gasteiger partial charge in [0, 0.05) is 6.42 Å². The van der Waals surface area contributed by atoms with Crippen LogP contribution in [0.4, 0.5) is 4.79 Å². The Balaban J connectivity index is 2.31. The number of nitriles is 1. The number of amides is 3. The molecule has 0 bridgehead atoms. The van der Waals surface area contributed by atoms with Crippen LogP contribution in [0.15, 0.2) is 24.3 Å². The van der Waals surface area contributed by atoms with E-state index >= 15 is 0 Å². The highest BCUT2D eigenvalue weighted by molar-refractivity contribution is 6.09. The maximum atomic E-state index is 12.5. The molecule has 6 nitrogen and oxygen atoms in total. The molecule has 0 spiro atoms. The number of imide groups is 1. The number of carbonyl (C=O) groups excluding carboxylic acids is 3. The number of nitrogens with zero attached hydrogens (tertiary/aromatic N) is 2. The van der Waals surface area contributed by atoms with Crippen molar-refractivity contribution >= 4 is 17.7 Å². The number of urea groups is 1. The average Bonchev–Trinajstić information content (AvgIpc) is 2.71. The van der Waals surface area contributed by atoms with E-state index in [1.165, 1.54) is 0 Å². The van der Waals surface area contributed by atoms with E-state index < -0.39 is 17.5 Å². The van der Waals surface area contributed by atoms with Gasteiger partial charge in [0.1, 0.15) is 5.54 Å². The van der Waals surface area contributed by atoms with Crippen molar-refractivity contribution in [3.63, 3.8) is 0 Å². The molecule has 2 rings (SSSR count). The van der Waals surface area contributed by atoms with E-state index in [-0.39, 0.29) is 18.7 Å². The lowest BCUT2D eigenvalue weighted by molar-refractivity contribution is -0.134. The molecular weight excluding hydrogens is 270 g/mol. The topological polar surface area (TPSA) is 90.3 Å². The molecule has 108 valence electrons. The number of Topliss-reactive ketones (excluding diaryl/α,β-unsaturated/α-hetero) is 1. The Morgan fingerprint density at radius 1 is 1.33 bits per heavy atom. The molecular formula is C15H15N3O3. The van der Waals surface area contributed by atoms with E-state index in [0.29, 0.717) is 11.1 Å². The van der Waals surface area contributed by atoms with E-state index in [4.69, 9.17) is 5.26 Å². The minimum atomic E-state index is -1.21. The van der Waals surface area contributed by atoms with Crippen molar-refractivity contribution < 1.29 is 14.4 Å². The highest BCUT2D eigenvalue weighted by Crippen LogP contribution is 2.28. The van der Waals surface area contributed by atoms with Crippen LogP contribution < -0.4 is 5.32 Å². The number of carbonyl (C=O) groups is 3. The Morgan fingerprint density at radius 2 is 1.95 bits per heavy atom. The molecule has 0 unspecified atom stereocenters. The quantitative estimate of drug-likeness (QED) is 0.844. The van der Waals surface area contributed by atoms with Crippen molar-refractivity contribution in [2.75, 3.05) is 6.54 Å². The average molecular weight is 285 g/mol. The molecule has 1 N–H and O–H groups in total. The van der Waals surface area contributed by atoms with E-state index in [0.717, 1.165) is 4.90 Å². The van der Waals surface area contributed by atoms with Gasteiger partial charge in [0.2, 0.25) is 0 Å². The summed E-state index contributed by atoms with van der Waals surface area (Å²) >= 11 is 0. The first-order valence-corrected chi connectivity index (χ1v) is 6.59. The first-order valence-electron chi connectivity index (χ1n) is 6.59. The van der Waals surface area contributed by atoms with E-state index in [9.17, 15) is 14.4 Å². The van der Waals surface area contributed by atoms with Gasteiger partial charge in [-0.15, -0.1) is 0 Å². The molecule has 1 heterocycles. The van der Waals surface area contributed by atoms with Gasteiger partial charge in [0.15, 0.2) is 5.78 Å². The van der Waals surface area contributed by atoms with Crippen LogP contribution in [0.5, 0.6) is 0 Å². The van der Waals surface area contributed by atoms with Gasteiger partial charge in [0.25, 0.3) is 5.91 Å². The number of benzene rings is 1. The third kappa shape index (κ3) is 2.50. The molecule has 0 radical (unpaired) electrons. The van der Waals surface area contributed by atoms with Crippen LogP contribution >= 0.6 is 0 Å². The summed E-state index contributed by atoms with van der Waals surface area (Å²) < 4.78 is 0. The van der Waals surface area contributed by atoms with Crippen LogP contribution in [-0.4, -0.2) is 29.2 Å². The van der Waals surface area contributed by atoms with Crippen molar-refractivity contribution in [1.29, 1.82) is 5.26 Å². The van der Waals surface area contributed by atoms with Crippen molar-refractivity contribution in [3.05, 3.63) is 35.4 Å². The van der Waals surface area contributed by atoms with Crippen molar-refractivity contribution in [3.8, 4) is 6.07 Å².